The number of sulfonamides is 1. The fraction of sp³-hybridized carbons (Fsp3) is 0.296. The SMILES string of the molecule is Cc1ccc(NC(=O)c2ccc(CN3CCc4ccccc43)cc2)cc1S(=O)(=O)N1CCOCC1. The highest BCUT2D eigenvalue weighted by Gasteiger charge is 2.28. The molecular formula is C27H29N3O4S. The van der Waals surface area contributed by atoms with Gasteiger partial charge in [-0.05, 0) is 60.4 Å². The molecule has 0 aliphatic carbocycles. The Morgan fingerprint density at radius 3 is 2.49 bits per heavy atom. The lowest BCUT2D eigenvalue weighted by Gasteiger charge is -2.26. The Morgan fingerprint density at radius 2 is 1.71 bits per heavy atom. The number of carbonyl (C=O) groups excluding carboxylic acids is 1. The molecule has 2 heterocycles. The van der Waals surface area contributed by atoms with Crippen LogP contribution in [0, 0.1) is 6.92 Å². The highest BCUT2D eigenvalue weighted by molar-refractivity contribution is 7.89. The van der Waals surface area contributed by atoms with E-state index >= 15 is 0 Å². The lowest BCUT2D eigenvalue weighted by atomic mass is 10.1. The Hall–Kier alpha value is -3.20. The van der Waals surface area contributed by atoms with Gasteiger partial charge >= 0.3 is 0 Å². The quantitative estimate of drug-likeness (QED) is 0.567. The molecule has 0 radical (unpaired) electrons. The maximum atomic E-state index is 13.1. The van der Waals surface area contributed by atoms with E-state index < -0.39 is 10.0 Å². The molecule has 3 aromatic rings. The van der Waals surface area contributed by atoms with Crippen LogP contribution in [0.3, 0.4) is 0 Å². The van der Waals surface area contributed by atoms with Crippen LogP contribution in [-0.4, -0.2) is 51.5 Å². The third kappa shape index (κ3) is 4.96. The van der Waals surface area contributed by atoms with Gasteiger partial charge in [0, 0.05) is 43.1 Å². The topological polar surface area (TPSA) is 79.0 Å². The molecule has 182 valence electrons. The molecule has 1 N–H and O–H groups in total. The van der Waals surface area contributed by atoms with Crippen molar-refractivity contribution in [2.45, 2.75) is 24.8 Å². The van der Waals surface area contributed by atoms with Gasteiger partial charge in [-0.3, -0.25) is 4.79 Å². The van der Waals surface area contributed by atoms with Crippen LogP contribution < -0.4 is 10.2 Å². The molecule has 1 saturated heterocycles. The van der Waals surface area contributed by atoms with E-state index in [9.17, 15) is 13.2 Å². The molecule has 8 heteroatoms. The number of nitrogens with zero attached hydrogens (tertiary/aromatic N) is 2. The largest absolute Gasteiger partial charge is 0.379 e. The van der Waals surface area contributed by atoms with Crippen LogP contribution in [0.2, 0.25) is 0 Å². The molecule has 0 atom stereocenters. The minimum Gasteiger partial charge on any atom is -0.379 e. The molecule has 1 fully saturated rings. The number of morpholine rings is 1. The van der Waals surface area contributed by atoms with Crippen molar-refractivity contribution in [2.24, 2.45) is 0 Å². The van der Waals surface area contributed by atoms with Gasteiger partial charge in [-0.15, -0.1) is 0 Å². The van der Waals surface area contributed by atoms with Crippen molar-refractivity contribution in [2.75, 3.05) is 43.1 Å². The van der Waals surface area contributed by atoms with Crippen molar-refractivity contribution in [3.05, 3.63) is 89.0 Å². The number of ether oxygens (including phenoxy) is 1. The number of para-hydroxylation sites is 1. The second kappa shape index (κ2) is 9.81. The van der Waals surface area contributed by atoms with Gasteiger partial charge in [0.25, 0.3) is 5.91 Å². The standard InChI is InChI=1S/C27H29N3O4S/c1-20-6-11-24(18-26(20)35(32,33)30-14-16-34-17-15-30)28-27(31)23-9-7-21(8-10-23)19-29-13-12-22-4-2-3-5-25(22)29/h2-11,18H,12-17,19H2,1H3,(H,28,31). The number of amides is 1. The fourth-order valence-electron chi connectivity index (χ4n) is 4.64. The number of aryl methyl sites for hydroxylation is 1. The highest BCUT2D eigenvalue weighted by Crippen LogP contribution is 2.29. The third-order valence-corrected chi connectivity index (χ3v) is 8.65. The molecule has 2 aliphatic rings. The van der Waals surface area contributed by atoms with Crippen LogP contribution in [0.4, 0.5) is 11.4 Å². The van der Waals surface area contributed by atoms with E-state index in [0.29, 0.717) is 43.1 Å². The molecule has 1 amide bonds. The highest BCUT2D eigenvalue weighted by atomic mass is 32.2. The third-order valence-electron chi connectivity index (χ3n) is 6.61. The van der Waals surface area contributed by atoms with E-state index in [4.69, 9.17) is 4.74 Å². The number of rotatable bonds is 6. The zero-order valence-corrected chi connectivity index (χ0v) is 20.6. The minimum atomic E-state index is -3.66. The Kier molecular flexibility index (Phi) is 6.60. The van der Waals surface area contributed by atoms with Crippen LogP contribution in [-0.2, 0) is 27.7 Å². The summed E-state index contributed by atoms with van der Waals surface area (Å²) in [7, 11) is -3.66. The first-order valence-corrected chi connectivity index (χ1v) is 13.3. The molecule has 0 bridgehead atoms. The van der Waals surface area contributed by atoms with Crippen LogP contribution in [0.1, 0.15) is 27.0 Å². The second-order valence-corrected chi connectivity index (χ2v) is 10.9. The van der Waals surface area contributed by atoms with Gasteiger partial charge < -0.3 is 15.0 Å². The van der Waals surface area contributed by atoms with Crippen LogP contribution in [0.15, 0.2) is 71.6 Å². The predicted octanol–water partition coefficient (Wildman–Crippen LogP) is 3.83. The molecule has 0 aromatic heterocycles. The van der Waals surface area contributed by atoms with Crippen molar-refractivity contribution >= 4 is 27.3 Å². The van der Waals surface area contributed by atoms with E-state index in [2.05, 4.69) is 34.5 Å². The summed E-state index contributed by atoms with van der Waals surface area (Å²) in [6.07, 6.45) is 1.05. The van der Waals surface area contributed by atoms with Crippen molar-refractivity contribution in [1.82, 2.24) is 4.31 Å². The van der Waals surface area contributed by atoms with Crippen molar-refractivity contribution in [3.63, 3.8) is 0 Å². The first kappa shape index (κ1) is 23.5. The van der Waals surface area contributed by atoms with Gasteiger partial charge in [0.05, 0.1) is 18.1 Å². The Balaban J connectivity index is 1.27. The summed E-state index contributed by atoms with van der Waals surface area (Å²) in [4.78, 5) is 15.4. The number of carbonyl (C=O) groups is 1. The normalized spacial score (nSPS) is 16.2. The smallest absolute Gasteiger partial charge is 0.255 e. The van der Waals surface area contributed by atoms with E-state index in [1.165, 1.54) is 21.6 Å². The lowest BCUT2D eigenvalue weighted by Crippen LogP contribution is -2.40. The maximum absolute atomic E-state index is 13.1. The number of hydrogen-bond acceptors (Lipinski definition) is 5. The first-order valence-electron chi connectivity index (χ1n) is 11.8. The van der Waals surface area contributed by atoms with E-state index in [1.54, 1.807) is 19.1 Å². The van der Waals surface area contributed by atoms with Gasteiger partial charge in [-0.2, -0.15) is 4.31 Å². The van der Waals surface area contributed by atoms with Crippen molar-refractivity contribution in [3.8, 4) is 0 Å². The summed E-state index contributed by atoms with van der Waals surface area (Å²) in [5.74, 6) is -0.276. The van der Waals surface area contributed by atoms with Gasteiger partial charge in [0.15, 0.2) is 0 Å². The summed E-state index contributed by atoms with van der Waals surface area (Å²) < 4.78 is 33.0. The molecule has 0 spiro atoms. The molecule has 35 heavy (non-hydrogen) atoms. The summed E-state index contributed by atoms with van der Waals surface area (Å²) in [5, 5.41) is 2.85. The van der Waals surface area contributed by atoms with Gasteiger partial charge in [0.1, 0.15) is 0 Å². The Bertz CT molecular complexity index is 1330. The summed E-state index contributed by atoms with van der Waals surface area (Å²) in [6, 6.07) is 21.0. The van der Waals surface area contributed by atoms with Crippen LogP contribution >= 0.6 is 0 Å². The molecule has 3 aromatic carbocycles. The van der Waals surface area contributed by atoms with Gasteiger partial charge in [-0.25, -0.2) is 8.42 Å². The molecule has 0 unspecified atom stereocenters. The monoisotopic (exact) mass is 491 g/mol. The zero-order valence-electron chi connectivity index (χ0n) is 19.7. The van der Waals surface area contributed by atoms with E-state index in [-0.39, 0.29) is 10.8 Å². The summed E-state index contributed by atoms with van der Waals surface area (Å²) >= 11 is 0. The van der Waals surface area contributed by atoms with E-state index in [0.717, 1.165) is 25.1 Å². The number of benzene rings is 3. The van der Waals surface area contributed by atoms with Crippen molar-refractivity contribution in [1.29, 1.82) is 0 Å². The van der Waals surface area contributed by atoms with Crippen molar-refractivity contribution < 1.29 is 17.9 Å². The zero-order chi connectivity index (χ0) is 24.4. The average Bonchev–Trinajstić information content (AvgIpc) is 3.29. The number of anilines is 2. The number of fused-ring (bicyclic) bond motifs is 1. The Labute approximate surface area is 206 Å². The molecule has 5 rings (SSSR count). The second-order valence-electron chi connectivity index (χ2n) is 8.95. The molecule has 2 aliphatic heterocycles. The predicted molar refractivity (Wildman–Crippen MR) is 136 cm³/mol. The minimum absolute atomic E-state index is 0.207. The number of nitrogens with one attached hydrogen (secondary N) is 1. The van der Waals surface area contributed by atoms with Gasteiger partial charge in [0.2, 0.25) is 10.0 Å². The molecule has 7 nitrogen and oxygen atoms in total. The fourth-order valence-corrected chi connectivity index (χ4v) is 6.30. The molecule has 0 saturated carbocycles. The lowest BCUT2D eigenvalue weighted by molar-refractivity contribution is 0.0730. The van der Waals surface area contributed by atoms with E-state index in [1.807, 2.05) is 24.3 Å². The van der Waals surface area contributed by atoms with Crippen LogP contribution in [0.25, 0.3) is 0 Å². The van der Waals surface area contributed by atoms with Gasteiger partial charge in [-0.1, -0.05) is 36.4 Å². The summed E-state index contributed by atoms with van der Waals surface area (Å²) in [6.45, 7) is 4.96. The van der Waals surface area contributed by atoms with Crippen LogP contribution in [0.5, 0.6) is 0 Å². The molecular weight excluding hydrogens is 462 g/mol. The number of hydrogen-bond donors (Lipinski definition) is 1. The maximum Gasteiger partial charge on any atom is 0.255 e. The first-order chi connectivity index (χ1) is 16.9. The Morgan fingerprint density at radius 1 is 0.971 bits per heavy atom. The average molecular weight is 492 g/mol. The summed E-state index contributed by atoms with van der Waals surface area (Å²) in [5.41, 5.74) is 5.39.